The lowest BCUT2D eigenvalue weighted by molar-refractivity contribution is 0.0697. The van der Waals surface area contributed by atoms with Crippen molar-refractivity contribution < 1.29 is 14.3 Å². The number of carboxylic acid groups (broad SMARTS) is 1. The number of benzene rings is 3. The first-order valence-electron chi connectivity index (χ1n) is 10.7. The van der Waals surface area contributed by atoms with Crippen LogP contribution in [0.4, 0.5) is 10.1 Å². The second kappa shape index (κ2) is 8.51. The minimum absolute atomic E-state index is 0.156. The number of aromatic carboxylic acids is 1. The molecule has 0 unspecified atom stereocenters. The van der Waals surface area contributed by atoms with Gasteiger partial charge in [-0.1, -0.05) is 31.5 Å². The Morgan fingerprint density at radius 3 is 2.44 bits per heavy atom. The minimum atomic E-state index is -1.03. The number of aryl methyl sites for hydroxylation is 1. The summed E-state index contributed by atoms with van der Waals surface area (Å²) in [5.74, 6) is -1.34. The second-order valence-electron chi connectivity index (χ2n) is 8.98. The Kier molecular flexibility index (Phi) is 5.84. The van der Waals surface area contributed by atoms with Crippen LogP contribution in [-0.2, 0) is 5.41 Å². The van der Waals surface area contributed by atoms with Gasteiger partial charge in [0, 0.05) is 39.2 Å². The Morgan fingerprint density at radius 2 is 1.85 bits per heavy atom. The third kappa shape index (κ3) is 3.89. The molecule has 172 valence electrons. The first-order chi connectivity index (χ1) is 16.0. The van der Waals surface area contributed by atoms with Crippen LogP contribution in [0, 0.1) is 24.1 Å². The number of hydrogen-bond acceptors (Lipinski definition) is 3. The first kappa shape index (κ1) is 23.3. The van der Waals surface area contributed by atoms with Crippen molar-refractivity contribution in [1.82, 2.24) is 4.57 Å². The maximum atomic E-state index is 14.1. The molecule has 1 aromatic heterocycles. The maximum absolute atomic E-state index is 14.1. The third-order valence-corrected chi connectivity index (χ3v) is 6.26. The number of carboxylic acids is 1. The summed E-state index contributed by atoms with van der Waals surface area (Å²) in [6.45, 7) is 5.62. The van der Waals surface area contributed by atoms with Crippen molar-refractivity contribution in [2.75, 3.05) is 5.73 Å². The number of nitriles is 1. The molecule has 5 nitrogen and oxygen atoms in total. The van der Waals surface area contributed by atoms with Crippen LogP contribution < -0.4 is 5.73 Å². The van der Waals surface area contributed by atoms with E-state index in [1.54, 1.807) is 37.3 Å². The Balaban J connectivity index is 2.21. The molecule has 0 spiro atoms. The van der Waals surface area contributed by atoms with Crippen molar-refractivity contribution in [3.63, 3.8) is 0 Å². The summed E-state index contributed by atoms with van der Waals surface area (Å²) >= 11 is 6.41. The van der Waals surface area contributed by atoms with Crippen LogP contribution in [0.1, 0.15) is 41.9 Å². The monoisotopic (exact) mass is 475 g/mol. The molecule has 0 saturated carbocycles. The molecule has 0 amide bonds. The normalized spacial score (nSPS) is 11.5. The SMILES string of the molecule is Cc1cc(-c2c(C(C)(C)CC#N)n(-c3ccc(C(=O)O)cc3)c3c(N)cc(Cl)cc23)ccc1F. The predicted molar refractivity (Wildman–Crippen MR) is 133 cm³/mol. The fourth-order valence-electron chi connectivity index (χ4n) is 4.44. The molecule has 0 aliphatic carbocycles. The van der Waals surface area contributed by atoms with Crippen LogP contribution in [0.3, 0.4) is 0 Å². The summed E-state index contributed by atoms with van der Waals surface area (Å²) in [7, 11) is 0. The maximum Gasteiger partial charge on any atom is 0.335 e. The van der Waals surface area contributed by atoms with Gasteiger partial charge in [-0.05, 0) is 66.6 Å². The van der Waals surface area contributed by atoms with E-state index >= 15 is 0 Å². The molecule has 3 aromatic carbocycles. The van der Waals surface area contributed by atoms with Gasteiger partial charge in [0.05, 0.1) is 22.8 Å². The molecule has 7 heteroatoms. The molecular formula is C27H23ClFN3O2. The van der Waals surface area contributed by atoms with Crippen molar-refractivity contribution in [2.45, 2.75) is 32.6 Å². The molecule has 0 fully saturated rings. The molecule has 34 heavy (non-hydrogen) atoms. The standard InChI is InChI=1S/C27H23ClFN3O2/c1-15-12-17(6-9-21(15)29)23-20-13-18(28)14-22(31)24(20)32(25(23)27(2,3)10-11-30)19-7-4-16(5-8-19)26(33)34/h4-9,12-14H,10,31H2,1-3H3,(H,33,34). The highest BCUT2D eigenvalue weighted by Crippen LogP contribution is 2.46. The van der Waals surface area contributed by atoms with E-state index in [0.717, 1.165) is 22.2 Å². The van der Waals surface area contributed by atoms with Gasteiger partial charge in [0.1, 0.15) is 5.82 Å². The Bertz CT molecular complexity index is 1480. The number of hydrogen-bond donors (Lipinski definition) is 2. The van der Waals surface area contributed by atoms with Gasteiger partial charge in [-0.15, -0.1) is 0 Å². The number of aromatic nitrogens is 1. The fraction of sp³-hybridized carbons (Fsp3) is 0.185. The van der Waals surface area contributed by atoms with Crippen LogP contribution in [0.25, 0.3) is 27.7 Å². The highest BCUT2D eigenvalue weighted by molar-refractivity contribution is 6.32. The zero-order chi connectivity index (χ0) is 24.8. The van der Waals surface area contributed by atoms with E-state index in [1.807, 2.05) is 24.5 Å². The average molecular weight is 476 g/mol. The highest BCUT2D eigenvalue weighted by Gasteiger charge is 2.33. The molecule has 4 aromatic rings. The molecule has 0 saturated heterocycles. The van der Waals surface area contributed by atoms with E-state index < -0.39 is 11.4 Å². The van der Waals surface area contributed by atoms with E-state index in [1.165, 1.54) is 18.2 Å². The average Bonchev–Trinajstić information content (AvgIpc) is 3.12. The van der Waals surface area contributed by atoms with E-state index in [0.29, 0.717) is 27.5 Å². The molecule has 0 bridgehead atoms. The predicted octanol–water partition coefficient (Wildman–Crippen LogP) is 6.87. The topological polar surface area (TPSA) is 92.0 Å². The zero-order valence-electron chi connectivity index (χ0n) is 19.0. The van der Waals surface area contributed by atoms with Gasteiger partial charge >= 0.3 is 5.97 Å². The van der Waals surface area contributed by atoms with Crippen LogP contribution >= 0.6 is 11.6 Å². The van der Waals surface area contributed by atoms with Crippen molar-refractivity contribution >= 4 is 34.2 Å². The van der Waals surface area contributed by atoms with Gasteiger partial charge in [0.25, 0.3) is 0 Å². The first-order valence-corrected chi connectivity index (χ1v) is 11.0. The van der Waals surface area contributed by atoms with Crippen LogP contribution in [0.5, 0.6) is 0 Å². The Hall–Kier alpha value is -3.82. The van der Waals surface area contributed by atoms with Crippen molar-refractivity contribution in [3.8, 4) is 22.9 Å². The van der Waals surface area contributed by atoms with E-state index in [-0.39, 0.29) is 17.8 Å². The zero-order valence-corrected chi connectivity index (χ0v) is 19.7. The van der Waals surface area contributed by atoms with E-state index in [4.69, 9.17) is 17.3 Å². The molecule has 0 radical (unpaired) electrons. The van der Waals surface area contributed by atoms with Crippen LogP contribution in [0.2, 0.25) is 5.02 Å². The van der Waals surface area contributed by atoms with Gasteiger partial charge in [0.15, 0.2) is 0 Å². The smallest absolute Gasteiger partial charge is 0.335 e. The number of carbonyl (C=O) groups is 1. The van der Waals surface area contributed by atoms with Crippen LogP contribution in [0.15, 0.2) is 54.6 Å². The summed E-state index contributed by atoms with van der Waals surface area (Å²) in [4.78, 5) is 11.4. The van der Waals surface area contributed by atoms with Gasteiger partial charge in [0.2, 0.25) is 0 Å². The lowest BCUT2D eigenvalue weighted by Crippen LogP contribution is -2.22. The largest absolute Gasteiger partial charge is 0.478 e. The van der Waals surface area contributed by atoms with E-state index in [2.05, 4.69) is 6.07 Å². The Morgan fingerprint density at radius 1 is 1.18 bits per heavy atom. The quantitative estimate of drug-likeness (QED) is 0.308. The molecular weight excluding hydrogens is 453 g/mol. The number of anilines is 1. The summed E-state index contributed by atoms with van der Waals surface area (Å²) < 4.78 is 16.1. The fourth-order valence-corrected chi connectivity index (χ4v) is 4.66. The van der Waals surface area contributed by atoms with Crippen molar-refractivity contribution in [2.24, 2.45) is 0 Å². The molecule has 0 aliphatic heterocycles. The number of fused-ring (bicyclic) bond motifs is 1. The summed E-state index contributed by atoms with van der Waals surface area (Å²) in [5.41, 5.74) is 10.7. The number of nitrogen functional groups attached to an aromatic ring is 1. The van der Waals surface area contributed by atoms with Crippen molar-refractivity contribution in [1.29, 1.82) is 5.26 Å². The number of rotatable bonds is 5. The highest BCUT2D eigenvalue weighted by atomic mass is 35.5. The number of halogens is 2. The van der Waals surface area contributed by atoms with E-state index in [9.17, 15) is 19.6 Å². The summed E-state index contributed by atoms with van der Waals surface area (Å²) in [5, 5.41) is 20.2. The molecule has 0 aliphatic rings. The van der Waals surface area contributed by atoms with Gasteiger partial charge < -0.3 is 15.4 Å². The van der Waals surface area contributed by atoms with Gasteiger partial charge in [-0.2, -0.15) is 5.26 Å². The lowest BCUT2D eigenvalue weighted by Gasteiger charge is -2.27. The second-order valence-corrected chi connectivity index (χ2v) is 9.42. The van der Waals surface area contributed by atoms with Gasteiger partial charge in [-0.3, -0.25) is 0 Å². The Labute approximate surface area is 201 Å². The number of nitrogens with two attached hydrogens (primary N) is 1. The third-order valence-electron chi connectivity index (χ3n) is 6.04. The molecule has 4 rings (SSSR count). The summed E-state index contributed by atoms with van der Waals surface area (Å²) in [6, 6.07) is 17.1. The molecule has 3 N–H and O–H groups in total. The number of nitrogens with zero attached hydrogens (tertiary/aromatic N) is 2. The molecule has 0 atom stereocenters. The molecule has 1 heterocycles. The minimum Gasteiger partial charge on any atom is -0.478 e. The van der Waals surface area contributed by atoms with Gasteiger partial charge in [-0.25, -0.2) is 9.18 Å². The van der Waals surface area contributed by atoms with Crippen LogP contribution in [-0.4, -0.2) is 15.6 Å². The van der Waals surface area contributed by atoms with Crippen molar-refractivity contribution in [3.05, 3.63) is 82.3 Å². The lowest BCUT2D eigenvalue weighted by atomic mass is 9.81. The summed E-state index contributed by atoms with van der Waals surface area (Å²) in [6.07, 6.45) is 0.206.